The predicted octanol–water partition coefficient (Wildman–Crippen LogP) is 4.87. The van der Waals surface area contributed by atoms with Crippen molar-refractivity contribution in [3.8, 4) is 5.88 Å². The number of fused-ring (bicyclic) bond motifs is 1. The number of nitrogens with zero attached hydrogens (tertiary/aromatic N) is 3. The molecule has 0 atom stereocenters. The van der Waals surface area contributed by atoms with E-state index in [9.17, 15) is 14.3 Å². The number of rotatable bonds is 7. The highest BCUT2D eigenvalue weighted by atomic mass is 19.1. The van der Waals surface area contributed by atoms with Crippen molar-refractivity contribution < 1.29 is 14.3 Å². The fourth-order valence-electron chi connectivity index (χ4n) is 3.99. The molecule has 1 heterocycles. The Bertz CT molecular complexity index is 1390. The Balaban J connectivity index is 1.85. The topological polar surface area (TPSA) is 71.9 Å². The van der Waals surface area contributed by atoms with Gasteiger partial charge in [0.2, 0.25) is 5.91 Å². The number of amides is 1. The van der Waals surface area contributed by atoms with Gasteiger partial charge in [0.15, 0.2) is 5.88 Å². The Labute approximate surface area is 204 Å². The molecule has 0 aliphatic carbocycles. The lowest BCUT2D eigenvalue weighted by molar-refractivity contribution is -0.127. The zero-order chi connectivity index (χ0) is 25.1. The molecule has 4 rings (SSSR count). The van der Waals surface area contributed by atoms with Crippen LogP contribution in [-0.4, -0.2) is 59.7 Å². The third kappa shape index (κ3) is 5.58. The summed E-state index contributed by atoms with van der Waals surface area (Å²) in [6.07, 6.45) is 0.248. The van der Waals surface area contributed by atoms with E-state index in [0.717, 1.165) is 23.2 Å². The molecule has 0 saturated heterocycles. The quantitative estimate of drug-likeness (QED) is 0.377. The minimum absolute atomic E-state index is 0.0115. The van der Waals surface area contributed by atoms with Gasteiger partial charge in [0, 0.05) is 31.6 Å². The molecule has 0 saturated carbocycles. The Kier molecular flexibility index (Phi) is 6.98. The van der Waals surface area contributed by atoms with Crippen LogP contribution in [0.3, 0.4) is 0 Å². The number of aromatic hydroxyl groups is 1. The van der Waals surface area contributed by atoms with E-state index in [4.69, 9.17) is 4.99 Å². The third-order valence-electron chi connectivity index (χ3n) is 5.71. The molecule has 1 aromatic heterocycles. The summed E-state index contributed by atoms with van der Waals surface area (Å²) in [6.45, 7) is 0.813. The SMILES string of the molecule is CN(C)Cc1ccc(N=C(c2cccc(CC(=O)N(C)C)c2)c2c(O)[nH]c3cc(F)ccc23)cc1. The van der Waals surface area contributed by atoms with Crippen molar-refractivity contribution in [1.29, 1.82) is 0 Å². The first kappa shape index (κ1) is 24.2. The second kappa shape index (κ2) is 10.1. The highest BCUT2D eigenvalue weighted by molar-refractivity contribution is 6.22. The molecule has 4 aromatic rings. The van der Waals surface area contributed by atoms with E-state index in [1.54, 1.807) is 25.1 Å². The molecular weight excluding hydrogens is 443 g/mol. The molecule has 0 fully saturated rings. The number of likely N-dealkylation sites (N-methyl/N-ethyl adjacent to an activating group) is 1. The van der Waals surface area contributed by atoms with Crippen LogP contribution in [-0.2, 0) is 17.8 Å². The Hall–Kier alpha value is -3.97. The summed E-state index contributed by atoms with van der Waals surface area (Å²) in [6, 6.07) is 19.8. The van der Waals surface area contributed by atoms with Gasteiger partial charge in [-0.1, -0.05) is 30.3 Å². The lowest BCUT2D eigenvalue weighted by Crippen LogP contribution is -2.23. The second-order valence-electron chi connectivity index (χ2n) is 9.07. The zero-order valence-electron chi connectivity index (χ0n) is 20.3. The monoisotopic (exact) mass is 472 g/mol. The Morgan fingerprint density at radius 1 is 0.971 bits per heavy atom. The molecular formula is C28H29FN4O2. The van der Waals surface area contributed by atoms with E-state index in [0.29, 0.717) is 27.9 Å². The normalized spacial score (nSPS) is 11.9. The molecule has 0 unspecified atom stereocenters. The lowest BCUT2D eigenvalue weighted by Gasteiger charge is -2.13. The van der Waals surface area contributed by atoms with Crippen molar-refractivity contribution in [2.24, 2.45) is 4.99 Å². The first-order chi connectivity index (χ1) is 16.7. The molecule has 7 heteroatoms. The summed E-state index contributed by atoms with van der Waals surface area (Å²) in [5, 5.41) is 11.5. The number of halogens is 1. The number of H-pyrrole nitrogens is 1. The molecule has 3 aromatic carbocycles. The maximum Gasteiger partial charge on any atom is 0.226 e. The maximum absolute atomic E-state index is 13.8. The number of hydrogen-bond donors (Lipinski definition) is 2. The number of aliphatic imine (C=N–C) groups is 1. The van der Waals surface area contributed by atoms with Crippen LogP contribution in [0.5, 0.6) is 5.88 Å². The van der Waals surface area contributed by atoms with Gasteiger partial charge in [0.25, 0.3) is 0 Å². The van der Waals surface area contributed by atoms with E-state index < -0.39 is 5.82 Å². The number of aromatic amines is 1. The van der Waals surface area contributed by atoms with Gasteiger partial charge in [-0.25, -0.2) is 9.38 Å². The summed E-state index contributed by atoms with van der Waals surface area (Å²) < 4.78 is 13.8. The fraction of sp³-hybridized carbons (Fsp3) is 0.214. The van der Waals surface area contributed by atoms with Crippen LogP contribution in [0.1, 0.15) is 22.3 Å². The smallest absolute Gasteiger partial charge is 0.226 e. The standard InChI is InChI=1S/C28H29FN4O2/c1-32(2)17-18-8-11-22(12-9-18)30-27(20-7-5-6-19(14-20)15-25(34)33(3)4)26-23-13-10-21(29)16-24(23)31-28(26)35/h5-14,16,31,35H,15,17H2,1-4H3. The molecule has 1 amide bonds. The predicted molar refractivity (Wildman–Crippen MR) is 138 cm³/mol. The first-order valence-corrected chi connectivity index (χ1v) is 11.3. The van der Waals surface area contributed by atoms with Crippen LogP contribution in [0.2, 0.25) is 0 Å². The summed E-state index contributed by atoms with van der Waals surface area (Å²) >= 11 is 0. The summed E-state index contributed by atoms with van der Waals surface area (Å²) in [5.41, 5.74) is 4.93. The van der Waals surface area contributed by atoms with E-state index >= 15 is 0 Å². The van der Waals surface area contributed by atoms with Gasteiger partial charge in [-0.3, -0.25) is 4.79 Å². The van der Waals surface area contributed by atoms with Crippen molar-refractivity contribution in [2.45, 2.75) is 13.0 Å². The summed E-state index contributed by atoms with van der Waals surface area (Å²) in [7, 11) is 7.48. The average Bonchev–Trinajstić information content (AvgIpc) is 3.12. The van der Waals surface area contributed by atoms with Crippen molar-refractivity contribution in [3.05, 3.63) is 94.8 Å². The van der Waals surface area contributed by atoms with Gasteiger partial charge in [-0.05, 0) is 61.6 Å². The highest BCUT2D eigenvalue weighted by Gasteiger charge is 2.20. The van der Waals surface area contributed by atoms with Crippen LogP contribution in [0.4, 0.5) is 10.1 Å². The summed E-state index contributed by atoms with van der Waals surface area (Å²) in [5.74, 6) is -0.504. The number of carbonyl (C=O) groups is 1. The molecule has 0 bridgehead atoms. The molecule has 0 spiro atoms. The molecule has 35 heavy (non-hydrogen) atoms. The minimum Gasteiger partial charge on any atom is -0.494 e. The van der Waals surface area contributed by atoms with Gasteiger partial charge in [-0.2, -0.15) is 0 Å². The molecule has 0 aliphatic heterocycles. The second-order valence-corrected chi connectivity index (χ2v) is 9.07. The van der Waals surface area contributed by atoms with Gasteiger partial charge in [0.05, 0.1) is 28.9 Å². The van der Waals surface area contributed by atoms with Crippen LogP contribution in [0, 0.1) is 5.82 Å². The van der Waals surface area contributed by atoms with Gasteiger partial charge >= 0.3 is 0 Å². The number of aromatic nitrogens is 1. The van der Waals surface area contributed by atoms with E-state index in [1.165, 1.54) is 12.1 Å². The van der Waals surface area contributed by atoms with E-state index in [-0.39, 0.29) is 18.2 Å². The maximum atomic E-state index is 13.8. The first-order valence-electron chi connectivity index (χ1n) is 11.3. The molecule has 0 aliphatic rings. The molecule has 2 N–H and O–H groups in total. The van der Waals surface area contributed by atoms with Crippen molar-refractivity contribution in [1.82, 2.24) is 14.8 Å². The Morgan fingerprint density at radius 3 is 2.40 bits per heavy atom. The fourth-order valence-corrected chi connectivity index (χ4v) is 3.99. The summed E-state index contributed by atoms with van der Waals surface area (Å²) in [4.78, 5) is 23.7. The van der Waals surface area contributed by atoms with Crippen LogP contribution >= 0.6 is 0 Å². The number of carbonyl (C=O) groups excluding carboxylic acids is 1. The number of nitrogens with one attached hydrogen (secondary N) is 1. The minimum atomic E-state index is -0.399. The average molecular weight is 473 g/mol. The highest BCUT2D eigenvalue weighted by Crippen LogP contribution is 2.32. The van der Waals surface area contributed by atoms with Crippen molar-refractivity contribution in [2.75, 3.05) is 28.2 Å². The van der Waals surface area contributed by atoms with Crippen molar-refractivity contribution >= 4 is 28.2 Å². The van der Waals surface area contributed by atoms with Gasteiger partial charge in [0.1, 0.15) is 5.82 Å². The number of benzene rings is 3. The van der Waals surface area contributed by atoms with Crippen LogP contribution in [0.25, 0.3) is 10.9 Å². The van der Waals surface area contributed by atoms with Crippen LogP contribution in [0.15, 0.2) is 71.7 Å². The Morgan fingerprint density at radius 2 is 1.71 bits per heavy atom. The van der Waals surface area contributed by atoms with E-state index in [2.05, 4.69) is 9.88 Å². The third-order valence-corrected chi connectivity index (χ3v) is 5.71. The van der Waals surface area contributed by atoms with Crippen molar-refractivity contribution in [3.63, 3.8) is 0 Å². The van der Waals surface area contributed by atoms with Crippen LogP contribution < -0.4 is 0 Å². The molecule has 180 valence electrons. The lowest BCUT2D eigenvalue weighted by atomic mass is 9.98. The zero-order valence-corrected chi connectivity index (χ0v) is 20.3. The molecule has 6 nitrogen and oxygen atoms in total. The number of hydrogen-bond acceptors (Lipinski definition) is 4. The van der Waals surface area contributed by atoms with Gasteiger partial charge < -0.3 is 19.9 Å². The van der Waals surface area contributed by atoms with E-state index in [1.807, 2.05) is 62.6 Å². The van der Waals surface area contributed by atoms with Gasteiger partial charge in [-0.15, -0.1) is 0 Å². The largest absolute Gasteiger partial charge is 0.494 e. The molecule has 0 radical (unpaired) electrons.